The summed E-state index contributed by atoms with van der Waals surface area (Å²) in [7, 11) is 0. The lowest BCUT2D eigenvalue weighted by molar-refractivity contribution is -0.113. The van der Waals surface area contributed by atoms with Crippen molar-refractivity contribution in [3.8, 4) is 11.6 Å². The zero-order valence-corrected chi connectivity index (χ0v) is 17.5. The van der Waals surface area contributed by atoms with Gasteiger partial charge < -0.3 is 10.4 Å². The Morgan fingerprint density at radius 2 is 1.77 bits per heavy atom. The van der Waals surface area contributed by atoms with Crippen LogP contribution in [0.3, 0.4) is 0 Å². The van der Waals surface area contributed by atoms with Crippen molar-refractivity contribution in [1.29, 1.82) is 0 Å². The SMILES string of the molecule is CCc1cccc(CC)c1-n1c(SCC(=O)Nc2ccc(F)cc2)nc(O)cc1=O. The van der Waals surface area contributed by atoms with Crippen molar-refractivity contribution in [3.63, 3.8) is 0 Å². The summed E-state index contributed by atoms with van der Waals surface area (Å²) in [4.78, 5) is 29.2. The van der Waals surface area contributed by atoms with Crippen LogP contribution in [0.15, 0.2) is 58.5 Å². The maximum atomic E-state index is 13.0. The predicted molar refractivity (Wildman–Crippen MR) is 116 cm³/mol. The van der Waals surface area contributed by atoms with Gasteiger partial charge in [-0.1, -0.05) is 43.8 Å². The summed E-state index contributed by atoms with van der Waals surface area (Å²) in [6, 6.07) is 12.3. The standard InChI is InChI=1S/C22H22FN3O3S/c1-3-14-6-5-7-15(4-2)21(14)26-20(29)12-18(27)25-22(26)30-13-19(28)24-17-10-8-16(23)9-11-17/h5-12,27H,3-4,13H2,1-2H3,(H,24,28). The van der Waals surface area contributed by atoms with E-state index in [1.165, 1.54) is 28.8 Å². The van der Waals surface area contributed by atoms with Crippen molar-refractivity contribution in [2.75, 3.05) is 11.1 Å². The number of aromatic nitrogens is 2. The number of nitrogens with zero attached hydrogens (tertiary/aromatic N) is 2. The van der Waals surface area contributed by atoms with Crippen molar-refractivity contribution >= 4 is 23.4 Å². The van der Waals surface area contributed by atoms with Gasteiger partial charge in [-0.3, -0.25) is 14.2 Å². The van der Waals surface area contributed by atoms with E-state index in [-0.39, 0.29) is 16.8 Å². The van der Waals surface area contributed by atoms with E-state index in [0.29, 0.717) is 18.5 Å². The number of aromatic hydroxyl groups is 1. The Balaban J connectivity index is 1.92. The van der Waals surface area contributed by atoms with E-state index >= 15 is 0 Å². The third-order valence-corrected chi connectivity index (χ3v) is 5.46. The summed E-state index contributed by atoms with van der Waals surface area (Å²) in [6.07, 6.45) is 1.43. The minimum Gasteiger partial charge on any atom is -0.493 e. The number of hydrogen-bond acceptors (Lipinski definition) is 5. The number of thioether (sulfide) groups is 1. The summed E-state index contributed by atoms with van der Waals surface area (Å²) in [5, 5.41) is 12.8. The fourth-order valence-electron chi connectivity index (χ4n) is 3.11. The molecule has 0 fully saturated rings. The number of rotatable bonds is 7. The van der Waals surface area contributed by atoms with E-state index in [4.69, 9.17) is 0 Å². The van der Waals surface area contributed by atoms with Gasteiger partial charge in [-0.05, 0) is 48.2 Å². The second-order valence-electron chi connectivity index (χ2n) is 6.55. The van der Waals surface area contributed by atoms with Crippen LogP contribution in [0.4, 0.5) is 10.1 Å². The van der Waals surface area contributed by atoms with E-state index in [2.05, 4.69) is 10.3 Å². The third kappa shape index (κ3) is 4.88. The largest absolute Gasteiger partial charge is 0.493 e. The first-order valence-corrected chi connectivity index (χ1v) is 10.5. The molecule has 8 heteroatoms. The van der Waals surface area contributed by atoms with E-state index in [9.17, 15) is 19.1 Å². The molecular formula is C22H22FN3O3S. The lowest BCUT2D eigenvalue weighted by atomic mass is 10.0. The van der Waals surface area contributed by atoms with Crippen molar-refractivity contribution in [2.45, 2.75) is 31.8 Å². The monoisotopic (exact) mass is 427 g/mol. The minimum atomic E-state index is -0.417. The molecule has 2 N–H and O–H groups in total. The molecule has 2 aromatic carbocycles. The first kappa shape index (κ1) is 21.6. The Labute approximate surface area is 177 Å². The summed E-state index contributed by atoms with van der Waals surface area (Å²) in [6.45, 7) is 4.00. The second-order valence-corrected chi connectivity index (χ2v) is 7.49. The van der Waals surface area contributed by atoms with Crippen molar-refractivity contribution in [2.24, 2.45) is 0 Å². The van der Waals surface area contributed by atoms with Gasteiger partial charge in [-0.15, -0.1) is 0 Å². The smallest absolute Gasteiger partial charge is 0.262 e. The molecule has 0 atom stereocenters. The van der Waals surface area contributed by atoms with Crippen LogP contribution in [0.5, 0.6) is 5.88 Å². The average Bonchev–Trinajstić information content (AvgIpc) is 2.73. The van der Waals surface area contributed by atoms with Crippen molar-refractivity contribution in [1.82, 2.24) is 9.55 Å². The molecule has 0 bridgehead atoms. The number of halogens is 1. The second kappa shape index (κ2) is 9.58. The van der Waals surface area contributed by atoms with Crippen LogP contribution in [-0.2, 0) is 17.6 Å². The Morgan fingerprint density at radius 1 is 1.13 bits per heavy atom. The summed E-state index contributed by atoms with van der Waals surface area (Å²) >= 11 is 1.04. The van der Waals surface area contributed by atoms with Crippen LogP contribution in [0.2, 0.25) is 0 Å². The molecular weight excluding hydrogens is 405 g/mol. The molecule has 30 heavy (non-hydrogen) atoms. The summed E-state index contributed by atoms with van der Waals surface area (Å²) in [5.74, 6) is -1.17. The molecule has 0 unspecified atom stereocenters. The Bertz CT molecular complexity index is 1090. The highest BCUT2D eigenvalue weighted by Gasteiger charge is 2.17. The molecule has 0 radical (unpaired) electrons. The number of aryl methyl sites for hydroxylation is 2. The highest BCUT2D eigenvalue weighted by Crippen LogP contribution is 2.26. The molecule has 0 saturated heterocycles. The number of benzene rings is 2. The molecule has 0 aliphatic rings. The molecule has 156 valence electrons. The lowest BCUT2D eigenvalue weighted by Crippen LogP contribution is -2.23. The molecule has 3 rings (SSSR count). The average molecular weight is 428 g/mol. The third-order valence-electron chi connectivity index (χ3n) is 4.52. The Kier molecular flexibility index (Phi) is 6.89. The topological polar surface area (TPSA) is 84.2 Å². The van der Waals surface area contributed by atoms with Crippen LogP contribution >= 0.6 is 11.8 Å². The summed E-state index contributed by atoms with van der Waals surface area (Å²) in [5.41, 5.74) is 2.73. The number of para-hydroxylation sites is 1. The maximum absolute atomic E-state index is 13.0. The van der Waals surface area contributed by atoms with Gasteiger partial charge in [0.05, 0.1) is 17.5 Å². The summed E-state index contributed by atoms with van der Waals surface area (Å²) < 4.78 is 14.5. The zero-order chi connectivity index (χ0) is 21.7. The van der Waals surface area contributed by atoms with Gasteiger partial charge in [0, 0.05) is 5.69 Å². The number of nitrogens with one attached hydrogen (secondary N) is 1. The quantitative estimate of drug-likeness (QED) is 0.441. The molecule has 6 nitrogen and oxygen atoms in total. The number of carbonyl (C=O) groups excluding carboxylic acids is 1. The molecule has 3 aromatic rings. The van der Waals surface area contributed by atoms with Gasteiger partial charge in [0.2, 0.25) is 11.8 Å². The van der Waals surface area contributed by atoms with Crippen molar-refractivity contribution < 1.29 is 14.3 Å². The van der Waals surface area contributed by atoms with Crippen LogP contribution in [0.25, 0.3) is 5.69 Å². The normalized spacial score (nSPS) is 10.8. The van der Waals surface area contributed by atoms with Crippen LogP contribution in [0, 0.1) is 5.82 Å². The number of anilines is 1. The van der Waals surface area contributed by atoms with Gasteiger partial charge in [0.15, 0.2) is 5.16 Å². The van der Waals surface area contributed by atoms with Gasteiger partial charge in [0.25, 0.3) is 5.56 Å². The van der Waals surface area contributed by atoms with E-state index in [1.54, 1.807) is 0 Å². The highest BCUT2D eigenvalue weighted by molar-refractivity contribution is 7.99. The van der Waals surface area contributed by atoms with E-state index in [1.807, 2.05) is 32.0 Å². The Morgan fingerprint density at radius 3 is 2.37 bits per heavy atom. The molecule has 0 aliphatic carbocycles. The molecule has 0 saturated carbocycles. The minimum absolute atomic E-state index is 0.0387. The van der Waals surface area contributed by atoms with Gasteiger partial charge in [-0.2, -0.15) is 4.98 Å². The zero-order valence-electron chi connectivity index (χ0n) is 16.7. The molecule has 0 aliphatic heterocycles. The van der Waals surface area contributed by atoms with Gasteiger partial charge >= 0.3 is 0 Å². The van der Waals surface area contributed by atoms with Crippen LogP contribution in [-0.4, -0.2) is 26.3 Å². The number of hydrogen-bond donors (Lipinski definition) is 2. The molecule has 1 aromatic heterocycles. The molecule has 0 spiro atoms. The first-order valence-electron chi connectivity index (χ1n) is 9.55. The van der Waals surface area contributed by atoms with Gasteiger partial charge in [0.1, 0.15) is 5.82 Å². The number of amides is 1. The first-order chi connectivity index (χ1) is 14.4. The molecule has 1 amide bonds. The lowest BCUT2D eigenvalue weighted by Gasteiger charge is -2.18. The Hall–Kier alpha value is -3.13. The van der Waals surface area contributed by atoms with Gasteiger partial charge in [-0.25, -0.2) is 4.39 Å². The fourth-order valence-corrected chi connectivity index (χ4v) is 3.92. The van der Waals surface area contributed by atoms with E-state index < -0.39 is 17.3 Å². The highest BCUT2D eigenvalue weighted by atomic mass is 32.2. The van der Waals surface area contributed by atoms with Crippen molar-refractivity contribution in [3.05, 3.63) is 75.8 Å². The number of carbonyl (C=O) groups is 1. The molecule has 1 heterocycles. The fraction of sp³-hybridized carbons (Fsp3) is 0.227. The maximum Gasteiger partial charge on any atom is 0.262 e. The predicted octanol–water partition coefficient (Wildman–Crippen LogP) is 3.93. The van der Waals surface area contributed by atoms with E-state index in [0.717, 1.165) is 34.6 Å². The van der Waals surface area contributed by atoms with Crippen LogP contribution in [0.1, 0.15) is 25.0 Å². The van der Waals surface area contributed by atoms with Crippen LogP contribution < -0.4 is 10.9 Å².